The fraction of sp³-hybridized carbons (Fsp3) is 0.515. The monoisotopic (exact) mass is 559 g/mol. The standard InChI is InChI=1S/C33H45N5O3/c1-7-41-30-10-8-28(9-11-30)38(21-27-20-34-16-12-22(27)2)29-14-18-37(19-15-29)23(3)13-17-35-33(40)31-24(4)32(39)26(6)36-25(31)5/h8-12,16,20,23,26,29H,7,13-15,17-19,21H2,1-6H3,(H,35,40)/t23-,26?/m1/s1. The van der Waals surface area contributed by atoms with Crippen LogP contribution >= 0.6 is 0 Å². The maximum absolute atomic E-state index is 12.9. The topological polar surface area (TPSA) is 87.1 Å². The number of ether oxygens (including phenoxy) is 1. The molecule has 0 radical (unpaired) electrons. The van der Waals surface area contributed by atoms with Gasteiger partial charge in [0, 0.05) is 67.6 Å². The zero-order chi connectivity index (χ0) is 29.5. The van der Waals surface area contributed by atoms with Crippen LogP contribution < -0.4 is 15.0 Å². The van der Waals surface area contributed by atoms with Crippen LogP contribution in [-0.4, -0.2) is 71.7 Å². The summed E-state index contributed by atoms with van der Waals surface area (Å²) >= 11 is 0. The van der Waals surface area contributed by atoms with E-state index in [1.165, 1.54) is 16.8 Å². The Morgan fingerprint density at radius 1 is 1.15 bits per heavy atom. The minimum absolute atomic E-state index is 0.0741. The largest absolute Gasteiger partial charge is 0.494 e. The van der Waals surface area contributed by atoms with Crippen molar-refractivity contribution in [3.05, 3.63) is 65.0 Å². The Kier molecular flexibility index (Phi) is 10.3. The van der Waals surface area contributed by atoms with Gasteiger partial charge in [0.05, 0.1) is 12.2 Å². The van der Waals surface area contributed by atoms with Gasteiger partial charge in [-0.2, -0.15) is 0 Å². The van der Waals surface area contributed by atoms with E-state index in [9.17, 15) is 9.59 Å². The van der Waals surface area contributed by atoms with Gasteiger partial charge < -0.3 is 19.9 Å². The molecule has 0 bridgehead atoms. The molecule has 0 saturated carbocycles. The zero-order valence-electron chi connectivity index (χ0n) is 25.4. The third-order valence-electron chi connectivity index (χ3n) is 8.48. The Labute approximate surface area is 244 Å². The summed E-state index contributed by atoms with van der Waals surface area (Å²) in [4.78, 5) is 39.0. The molecule has 1 N–H and O–H groups in total. The summed E-state index contributed by atoms with van der Waals surface area (Å²) in [6.07, 6.45) is 6.80. The molecule has 220 valence electrons. The molecule has 3 heterocycles. The first-order chi connectivity index (χ1) is 19.7. The van der Waals surface area contributed by atoms with E-state index in [1.54, 1.807) is 20.8 Å². The molecule has 1 aromatic carbocycles. The first kappa shape index (κ1) is 30.4. The first-order valence-electron chi connectivity index (χ1n) is 14.9. The van der Waals surface area contributed by atoms with Gasteiger partial charge in [-0.3, -0.25) is 19.6 Å². The molecular formula is C33H45N5O3. The van der Waals surface area contributed by atoms with Crippen molar-refractivity contribution >= 4 is 23.1 Å². The van der Waals surface area contributed by atoms with E-state index in [4.69, 9.17) is 4.74 Å². The second-order valence-electron chi connectivity index (χ2n) is 11.3. The third kappa shape index (κ3) is 7.41. The number of likely N-dealkylation sites (tertiary alicyclic amines) is 1. The van der Waals surface area contributed by atoms with Gasteiger partial charge in [0.15, 0.2) is 5.78 Å². The number of piperidine rings is 1. The number of pyridine rings is 1. The van der Waals surface area contributed by atoms with Crippen LogP contribution in [0.15, 0.2) is 58.9 Å². The summed E-state index contributed by atoms with van der Waals surface area (Å²) in [5, 5.41) is 3.03. The van der Waals surface area contributed by atoms with Gasteiger partial charge >= 0.3 is 0 Å². The molecule has 1 aromatic heterocycles. The molecule has 1 saturated heterocycles. The van der Waals surface area contributed by atoms with E-state index in [0.29, 0.717) is 42.1 Å². The molecule has 2 atom stereocenters. The van der Waals surface area contributed by atoms with Crippen LogP contribution in [0.4, 0.5) is 5.69 Å². The number of dihydropyridines is 1. The van der Waals surface area contributed by atoms with Gasteiger partial charge in [0.2, 0.25) is 0 Å². The van der Waals surface area contributed by atoms with Crippen molar-refractivity contribution in [1.29, 1.82) is 0 Å². The smallest absolute Gasteiger partial charge is 0.253 e. The van der Waals surface area contributed by atoms with Crippen LogP contribution in [0.3, 0.4) is 0 Å². The fourth-order valence-corrected chi connectivity index (χ4v) is 5.94. The van der Waals surface area contributed by atoms with E-state index in [2.05, 4.69) is 69.3 Å². The lowest BCUT2D eigenvalue weighted by Crippen LogP contribution is -2.48. The van der Waals surface area contributed by atoms with Gasteiger partial charge in [-0.05, 0) is 102 Å². The SMILES string of the molecule is CCOc1ccc(N(Cc2cnccc2C)C2CCN([C@H](C)CCNC(=O)C3=C(C)C(=O)C(C)N=C3C)CC2)cc1. The molecule has 1 amide bonds. The molecule has 8 heteroatoms. The van der Waals surface area contributed by atoms with Crippen LogP contribution in [-0.2, 0) is 16.1 Å². The second-order valence-corrected chi connectivity index (χ2v) is 11.3. The Balaban J connectivity index is 1.34. The molecule has 8 nitrogen and oxygen atoms in total. The van der Waals surface area contributed by atoms with E-state index < -0.39 is 6.04 Å². The number of aryl methyl sites for hydroxylation is 1. The normalized spacial score (nSPS) is 19.1. The van der Waals surface area contributed by atoms with Gasteiger partial charge in [-0.15, -0.1) is 0 Å². The molecule has 2 aliphatic rings. The van der Waals surface area contributed by atoms with Gasteiger partial charge in [-0.25, -0.2) is 0 Å². The lowest BCUT2D eigenvalue weighted by Gasteiger charge is -2.42. The maximum atomic E-state index is 12.9. The van der Waals surface area contributed by atoms with Gasteiger partial charge in [-0.1, -0.05) is 0 Å². The summed E-state index contributed by atoms with van der Waals surface area (Å²) in [6.45, 7) is 15.7. The van der Waals surface area contributed by atoms with Gasteiger partial charge in [0.25, 0.3) is 5.91 Å². The fourth-order valence-electron chi connectivity index (χ4n) is 5.94. The highest BCUT2D eigenvalue weighted by atomic mass is 16.5. The zero-order valence-corrected chi connectivity index (χ0v) is 25.4. The van der Waals surface area contributed by atoms with Crippen molar-refractivity contribution in [2.45, 2.75) is 85.5 Å². The number of nitrogens with zero attached hydrogens (tertiary/aromatic N) is 4. The lowest BCUT2D eigenvalue weighted by molar-refractivity contribution is -0.119. The summed E-state index contributed by atoms with van der Waals surface area (Å²) in [5.74, 6) is 0.615. The van der Waals surface area contributed by atoms with Crippen LogP contribution in [0.1, 0.15) is 65.0 Å². The first-order valence-corrected chi connectivity index (χ1v) is 14.9. The highest BCUT2D eigenvalue weighted by Crippen LogP contribution is 2.29. The van der Waals surface area contributed by atoms with E-state index in [1.807, 2.05) is 19.3 Å². The molecule has 0 spiro atoms. The van der Waals surface area contributed by atoms with Crippen molar-refractivity contribution < 1.29 is 14.3 Å². The highest BCUT2D eigenvalue weighted by Gasteiger charge is 2.29. The number of aromatic nitrogens is 1. The van der Waals surface area contributed by atoms with Crippen molar-refractivity contribution in [1.82, 2.24) is 15.2 Å². The number of Topliss-reactive ketones (excluding diaryl/α,β-unsaturated/α-hetero) is 1. The lowest BCUT2D eigenvalue weighted by atomic mass is 9.94. The number of aliphatic imine (C=N–C) groups is 1. The van der Waals surface area contributed by atoms with Crippen molar-refractivity contribution in [2.24, 2.45) is 4.99 Å². The number of benzene rings is 1. The van der Waals surface area contributed by atoms with Crippen molar-refractivity contribution in [2.75, 3.05) is 31.1 Å². The minimum Gasteiger partial charge on any atom is -0.494 e. The molecular weight excluding hydrogens is 514 g/mol. The summed E-state index contributed by atoms with van der Waals surface area (Å²) < 4.78 is 5.68. The van der Waals surface area contributed by atoms with Crippen LogP contribution in [0.25, 0.3) is 0 Å². The van der Waals surface area contributed by atoms with Crippen LogP contribution in [0.2, 0.25) is 0 Å². The molecule has 1 unspecified atom stereocenters. The van der Waals surface area contributed by atoms with Crippen LogP contribution in [0.5, 0.6) is 5.75 Å². The molecule has 41 heavy (non-hydrogen) atoms. The summed E-state index contributed by atoms with van der Waals surface area (Å²) in [7, 11) is 0. The molecule has 2 aliphatic heterocycles. The maximum Gasteiger partial charge on any atom is 0.253 e. The quantitative estimate of drug-likeness (QED) is 0.421. The third-order valence-corrected chi connectivity index (χ3v) is 8.48. The molecule has 4 rings (SSSR count). The highest BCUT2D eigenvalue weighted by molar-refractivity contribution is 6.27. The average Bonchev–Trinajstić information content (AvgIpc) is 2.96. The Hall–Kier alpha value is -3.52. The van der Waals surface area contributed by atoms with Crippen molar-refractivity contribution in [3.8, 4) is 5.75 Å². The number of carbonyl (C=O) groups is 2. The van der Waals surface area contributed by atoms with Gasteiger partial charge in [0.1, 0.15) is 11.8 Å². The number of hydrogen-bond acceptors (Lipinski definition) is 7. The predicted molar refractivity (Wildman–Crippen MR) is 165 cm³/mol. The Morgan fingerprint density at radius 2 is 1.85 bits per heavy atom. The van der Waals surface area contributed by atoms with Crippen LogP contribution in [0, 0.1) is 6.92 Å². The Bertz CT molecular complexity index is 1280. The number of anilines is 1. The number of ketones is 1. The number of rotatable bonds is 11. The predicted octanol–water partition coefficient (Wildman–Crippen LogP) is 4.90. The van der Waals surface area contributed by atoms with E-state index in [-0.39, 0.29) is 11.7 Å². The molecule has 2 aromatic rings. The van der Waals surface area contributed by atoms with E-state index >= 15 is 0 Å². The Morgan fingerprint density at radius 3 is 2.51 bits per heavy atom. The number of hydrogen-bond donors (Lipinski definition) is 1. The summed E-state index contributed by atoms with van der Waals surface area (Å²) in [6, 6.07) is 10.9. The second kappa shape index (κ2) is 13.9. The number of carbonyl (C=O) groups excluding carboxylic acids is 2. The van der Waals surface area contributed by atoms with Crippen molar-refractivity contribution in [3.63, 3.8) is 0 Å². The number of nitrogens with one attached hydrogen (secondary N) is 1. The summed E-state index contributed by atoms with van der Waals surface area (Å²) in [5.41, 5.74) is 5.28. The molecule has 1 fully saturated rings. The average molecular weight is 560 g/mol. The number of amides is 1. The molecule has 0 aliphatic carbocycles. The van der Waals surface area contributed by atoms with E-state index in [0.717, 1.165) is 44.6 Å². The minimum atomic E-state index is -0.409.